The lowest BCUT2D eigenvalue weighted by atomic mass is 10.2. The van der Waals surface area contributed by atoms with Crippen LogP contribution in [0.5, 0.6) is 5.75 Å². The molecule has 1 aromatic heterocycles. The fraction of sp³-hybridized carbons (Fsp3) is 0.0714. The zero-order chi connectivity index (χ0) is 12.4. The van der Waals surface area contributed by atoms with Gasteiger partial charge in [0.25, 0.3) is 0 Å². The van der Waals surface area contributed by atoms with E-state index in [0.717, 1.165) is 21.7 Å². The van der Waals surface area contributed by atoms with Gasteiger partial charge < -0.3 is 4.84 Å². The molecule has 0 atom stereocenters. The van der Waals surface area contributed by atoms with E-state index < -0.39 is 0 Å². The van der Waals surface area contributed by atoms with Gasteiger partial charge in [-0.15, -0.1) is 11.3 Å². The molecule has 0 aliphatic rings. The van der Waals surface area contributed by atoms with E-state index in [4.69, 9.17) is 4.84 Å². The molecule has 1 N–H and O–H groups in total. The quantitative estimate of drug-likeness (QED) is 0.719. The third kappa shape index (κ3) is 2.15. The van der Waals surface area contributed by atoms with E-state index in [0.29, 0.717) is 0 Å². The molecule has 0 bridgehead atoms. The summed E-state index contributed by atoms with van der Waals surface area (Å²) in [6, 6.07) is 13.9. The lowest BCUT2D eigenvalue weighted by Crippen LogP contribution is -2.04. The van der Waals surface area contributed by atoms with Gasteiger partial charge in [0.1, 0.15) is 5.52 Å². The van der Waals surface area contributed by atoms with Crippen molar-refractivity contribution < 1.29 is 4.84 Å². The molecule has 3 nitrogen and oxygen atoms in total. The van der Waals surface area contributed by atoms with Crippen molar-refractivity contribution in [3.63, 3.8) is 0 Å². The second-order valence-corrected chi connectivity index (χ2v) is 4.92. The maximum atomic E-state index is 5.61. The molecule has 18 heavy (non-hydrogen) atoms. The molecule has 0 radical (unpaired) electrons. The molecular formula is C14H12N2OS. The first-order chi connectivity index (χ1) is 8.83. The average Bonchev–Trinajstić information content (AvgIpc) is 2.85. The Morgan fingerprint density at radius 2 is 2.06 bits per heavy atom. The van der Waals surface area contributed by atoms with Crippen molar-refractivity contribution in [1.29, 1.82) is 0 Å². The second-order valence-electron chi connectivity index (χ2n) is 4.03. The van der Waals surface area contributed by atoms with E-state index in [9.17, 15) is 0 Å². The Hall–Kier alpha value is -2.07. The van der Waals surface area contributed by atoms with Crippen LogP contribution in [-0.2, 0) is 0 Å². The van der Waals surface area contributed by atoms with Gasteiger partial charge in [0.05, 0.1) is 15.9 Å². The number of fused-ring (bicyclic) bond motifs is 1. The first-order valence-corrected chi connectivity index (χ1v) is 6.52. The van der Waals surface area contributed by atoms with E-state index in [2.05, 4.69) is 10.5 Å². The number of hydrogen-bond acceptors (Lipinski definition) is 4. The number of thiazole rings is 1. The number of nitrogens with one attached hydrogen (secondary N) is 1. The maximum absolute atomic E-state index is 5.61. The maximum Gasteiger partial charge on any atom is 0.182 e. The van der Waals surface area contributed by atoms with Gasteiger partial charge in [-0.2, -0.15) is 0 Å². The molecule has 0 fully saturated rings. The largest absolute Gasteiger partial charge is 0.380 e. The summed E-state index contributed by atoms with van der Waals surface area (Å²) in [6.45, 7) is 2.05. The molecule has 2 aromatic carbocycles. The third-order valence-corrected chi connectivity index (χ3v) is 3.41. The lowest BCUT2D eigenvalue weighted by Gasteiger charge is -2.08. The Morgan fingerprint density at radius 1 is 1.17 bits per heavy atom. The standard InChI is InChI=1S/C14H12N2OS/c1-10-4-2-5-11(8-10)16-17-12-6-3-7-13-14(12)15-9-18-13/h2-9,16H,1H3. The van der Waals surface area contributed by atoms with Crippen LogP contribution < -0.4 is 10.3 Å². The van der Waals surface area contributed by atoms with Crippen molar-refractivity contribution in [3.8, 4) is 5.75 Å². The molecule has 0 amide bonds. The van der Waals surface area contributed by atoms with Gasteiger partial charge in [-0.25, -0.2) is 10.5 Å². The summed E-state index contributed by atoms with van der Waals surface area (Å²) < 4.78 is 1.12. The van der Waals surface area contributed by atoms with Crippen LogP contribution in [0.4, 0.5) is 5.69 Å². The van der Waals surface area contributed by atoms with Crippen LogP contribution in [-0.4, -0.2) is 4.98 Å². The molecule has 0 spiro atoms. The molecule has 0 unspecified atom stereocenters. The molecule has 0 saturated heterocycles. The van der Waals surface area contributed by atoms with Crippen molar-refractivity contribution in [1.82, 2.24) is 4.98 Å². The monoisotopic (exact) mass is 256 g/mol. The third-order valence-electron chi connectivity index (χ3n) is 2.62. The summed E-state index contributed by atoms with van der Waals surface area (Å²) in [4.78, 5) is 9.91. The second kappa shape index (κ2) is 4.66. The first-order valence-electron chi connectivity index (χ1n) is 5.65. The highest BCUT2D eigenvalue weighted by Gasteiger charge is 2.04. The number of benzene rings is 2. The molecule has 0 aliphatic heterocycles. The van der Waals surface area contributed by atoms with Gasteiger partial charge in [-0.1, -0.05) is 18.2 Å². The molecule has 4 heteroatoms. The van der Waals surface area contributed by atoms with Gasteiger partial charge in [-0.05, 0) is 36.8 Å². The zero-order valence-corrected chi connectivity index (χ0v) is 10.7. The van der Waals surface area contributed by atoms with E-state index in [1.54, 1.807) is 11.3 Å². The molecule has 90 valence electrons. The number of para-hydroxylation sites is 1. The first kappa shape index (κ1) is 11.0. The van der Waals surface area contributed by atoms with Crippen LogP contribution in [0.2, 0.25) is 0 Å². The van der Waals surface area contributed by atoms with Crippen molar-refractivity contribution >= 4 is 27.2 Å². The summed E-state index contributed by atoms with van der Waals surface area (Å²) in [5, 5.41) is 0. The van der Waals surface area contributed by atoms with E-state index in [1.165, 1.54) is 5.56 Å². The number of rotatable bonds is 3. The normalized spacial score (nSPS) is 10.5. The van der Waals surface area contributed by atoms with Crippen molar-refractivity contribution in [2.75, 3.05) is 5.48 Å². The van der Waals surface area contributed by atoms with Crippen LogP contribution in [0, 0.1) is 6.92 Å². The summed E-state index contributed by atoms with van der Waals surface area (Å²) in [7, 11) is 0. The smallest absolute Gasteiger partial charge is 0.182 e. The number of aryl methyl sites for hydroxylation is 1. The van der Waals surface area contributed by atoms with Gasteiger partial charge >= 0.3 is 0 Å². The molecule has 0 aliphatic carbocycles. The highest BCUT2D eigenvalue weighted by molar-refractivity contribution is 7.16. The predicted octanol–water partition coefficient (Wildman–Crippen LogP) is 4.01. The minimum atomic E-state index is 0.746. The van der Waals surface area contributed by atoms with E-state index in [-0.39, 0.29) is 0 Å². The fourth-order valence-corrected chi connectivity index (χ4v) is 2.46. The van der Waals surface area contributed by atoms with Gasteiger partial charge in [-0.3, -0.25) is 0 Å². The van der Waals surface area contributed by atoms with Crippen LogP contribution in [0.25, 0.3) is 10.2 Å². The van der Waals surface area contributed by atoms with Crippen LogP contribution in [0.1, 0.15) is 5.56 Å². The van der Waals surface area contributed by atoms with Gasteiger partial charge in [0, 0.05) is 0 Å². The Bertz CT molecular complexity index is 678. The molecule has 1 heterocycles. The highest BCUT2D eigenvalue weighted by atomic mass is 32.1. The molecular weight excluding hydrogens is 244 g/mol. The number of anilines is 1. The number of aromatic nitrogens is 1. The number of hydrogen-bond donors (Lipinski definition) is 1. The van der Waals surface area contributed by atoms with E-state index in [1.807, 2.05) is 54.9 Å². The molecule has 0 saturated carbocycles. The topological polar surface area (TPSA) is 34.1 Å². The molecule has 3 rings (SSSR count). The number of nitrogens with zero attached hydrogens (tertiary/aromatic N) is 1. The van der Waals surface area contributed by atoms with E-state index >= 15 is 0 Å². The summed E-state index contributed by atoms with van der Waals surface area (Å²) >= 11 is 1.61. The highest BCUT2D eigenvalue weighted by Crippen LogP contribution is 2.27. The van der Waals surface area contributed by atoms with Gasteiger partial charge in [0.15, 0.2) is 5.75 Å². The van der Waals surface area contributed by atoms with Crippen LogP contribution in [0.15, 0.2) is 48.0 Å². The minimum absolute atomic E-state index is 0.746. The fourth-order valence-electron chi connectivity index (χ4n) is 1.77. The Kier molecular flexibility index (Phi) is 2.86. The summed E-state index contributed by atoms with van der Waals surface area (Å²) in [5.41, 5.74) is 7.79. The lowest BCUT2D eigenvalue weighted by molar-refractivity contribution is 0.409. The summed E-state index contributed by atoms with van der Waals surface area (Å²) in [6.07, 6.45) is 0. The SMILES string of the molecule is Cc1cccc(NOc2cccc3scnc23)c1. The van der Waals surface area contributed by atoms with Gasteiger partial charge in [0.2, 0.25) is 0 Å². The Morgan fingerprint density at radius 3 is 2.94 bits per heavy atom. The Balaban J connectivity index is 1.83. The molecule has 3 aromatic rings. The zero-order valence-electron chi connectivity index (χ0n) is 9.88. The van der Waals surface area contributed by atoms with Crippen LogP contribution >= 0.6 is 11.3 Å². The van der Waals surface area contributed by atoms with Crippen LogP contribution in [0.3, 0.4) is 0 Å². The van der Waals surface area contributed by atoms with Crippen molar-refractivity contribution in [2.45, 2.75) is 6.92 Å². The van der Waals surface area contributed by atoms with Crippen molar-refractivity contribution in [2.24, 2.45) is 0 Å². The minimum Gasteiger partial charge on any atom is -0.380 e. The average molecular weight is 256 g/mol. The Labute approximate surface area is 109 Å². The van der Waals surface area contributed by atoms with Crippen molar-refractivity contribution in [3.05, 3.63) is 53.5 Å². The predicted molar refractivity (Wildman–Crippen MR) is 75.0 cm³/mol. The summed E-state index contributed by atoms with van der Waals surface area (Å²) in [5.74, 6) is 0.746.